The molecule has 14 nitrogen and oxygen atoms in total. The molecular formula is C44H88N3O11PS. The number of hydrogen-bond acceptors (Lipinski definition) is 11. The summed E-state index contributed by atoms with van der Waals surface area (Å²) in [5.41, 5.74) is 0. The van der Waals surface area contributed by atoms with Gasteiger partial charge in [0, 0.05) is 31.3 Å². The summed E-state index contributed by atoms with van der Waals surface area (Å²) in [7, 11) is -3.15. The van der Waals surface area contributed by atoms with E-state index in [1.54, 1.807) is 20.8 Å². The molecule has 0 aromatic heterocycles. The normalized spacial score (nSPS) is 13.2. The molecule has 3 atom stereocenters. The van der Waals surface area contributed by atoms with E-state index in [1.165, 1.54) is 114 Å². The van der Waals surface area contributed by atoms with Crippen LogP contribution in [0.5, 0.6) is 0 Å². The molecule has 0 aromatic rings. The maximum atomic E-state index is 13.1. The summed E-state index contributed by atoms with van der Waals surface area (Å²) in [6.45, 7) is 13.1. The van der Waals surface area contributed by atoms with Crippen molar-refractivity contribution in [3.05, 3.63) is 0 Å². The summed E-state index contributed by atoms with van der Waals surface area (Å²) in [6.07, 6.45) is 23.8. The molecule has 0 aliphatic carbocycles. The third kappa shape index (κ3) is 37.1. The summed E-state index contributed by atoms with van der Waals surface area (Å²) in [5.74, 6) is -0.288. The SMILES string of the molecule is CCCCCCCCCCCCOC[C@H](CSC[C@H](NC(=O)O)C(=O)N[C@@H](C)C(=O)NCCOCCOCCP(=O)(OCC)OCC)OCCCCCCCCCCCC. The van der Waals surface area contributed by atoms with Crippen molar-refractivity contribution in [2.24, 2.45) is 0 Å². The van der Waals surface area contributed by atoms with Crippen LogP contribution in [-0.2, 0) is 42.1 Å². The second kappa shape index (κ2) is 42.8. The highest BCUT2D eigenvalue weighted by Gasteiger charge is 2.25. The lowest BCUT2D eigenvalue weighted by Crippen LogP contribution is -2.53. The number of unbranched alkanes of at least 4 members (excludes halogenated alkanes) is 18. The minimum Gasteiger partial charge on any atom is -0.465 e. The van der Waals surface area contributed by atoms with Gasteiger partial charge in [-0.05, 0) is 33.6 Å². The monoisotopic (exact) mass is 898 g/mol. The third-order valence-corrected chi connectivity index (χ3v) is 13.0. The molecule has 0 aliphatic rings. The van der Waals surface area contributed by atoms with Crippen LogP contribution in [0.1, 0.15) is 163 Å². The fourth-order valence-corrected chi connectivity index (χ4v) is 8.91. The van der Waals surface area contributed by atoms with Crippen LogP contribution in [0.4, 0.5) is 4.79 Å². The molecule has 356 valence electrons. The zero-order valence-corrected chi connectivity index (χ0v) is 40.2. The molecule has 0 spiro atoms. The Kier molecular flexibility index (Phi) is 41.8. The molecule has 0 unspecified atom stereocenters. The number of thioether (sulfide) groups is 1. The number of carbonyl (C=O) groups excluding carboxylic acids is 2. The molecule has 0 saturated carbocycles. The van der Waals surface area contributed by atoms with Crippen LogP contribution in [0.15, 0.2) is 0 Å². The average molecular weight is 898 g/mol. The Morgan fingerprint density at radius 1 is 0.583 bits per heavy atom. The molecule has 16 heteroatoms. The van der Waals surface area contributed by atoms with E-state index in [2.05, 4.69) is 29.8 Å². The second-order valence-electron chi connectivity index (χ2n) is 15.4. The van der Waals surface area contributed by atoms with E-state index < -0.39 is 37.6 Å². The van der Waals surface area contributed by atoms with Gasteiger partial charge in [-0.25, -0.2) is 4.79 Å². The summed E-state index contributed by atoms with van der Waals surface area (Å²) in [5, 5.41) is 17.1. The Balaban J connectivity index is 4.69. The van der Waals surface area contributed by atoms with E-state index in [1.807, 2.05) is 0 Å². The van der Waals surface area contributed by atoms with Gasteiger partial charge in [0.15, 0.2) is 0 Å². The van der Waals surface area contributed by atoms with Crippen LogP contribution in [0.2, 0.25) is 0 Å². The van der Waals surface area contributed by atoms with Crippen LogP contribution in [-0.4, -0.2) is 125 Å². The van der Waals surface area contributed by atoms with Crippen LogP contribution in [0.25, 0.3) is 0 Å². The van der Waals surface area contributed by atoms with Gasteiger partial charge in [-0.1, -0.05) is 129 Å². The van der Waals surface area contributed by atoms with E-state index in [4.69, 9.17) is 28.0 Å². The predicted octanol–water partition coefficient (Wildman–Crippen LogP) is 9.52. The van der Waals surface area contributed by atoms with Crippen molar-refractivity contribution in [3.63, 3.8) is 0 Å². The van der Waals surface area contributed by atoms with Crippen molar-refractivity contribution in [1.29, 1.82) is 0 Å². The highest BCUT2D eigenvalue weighted by Crippen LogP contribution is 2.47. The first-order valence-corrected chi connectivity index (χ1v) is 26.4. The lowest BCUT2D eigenvalue weighted by Gasteiger charge is -2.22. The quantitative estimate of drug-likeness (QED) is 0.0336. The number of hydrogen-bond donors (Lipinski definition) is 4. The van der Waals surface area contributed by atoms with Gasteiger partial charge in [0.25, 0.3) is 0 Å². The lowest BCUT2D eigenvalue weighted by molar-refractivity contribution is -0.129. The fourth-order valence-electron chi connectivity index (χ4n) is 6.38. The van der Waals surface area contributed by atoms with Gasteiger partial charge in [0.05, 0.1) is 58.5 Å². The number of nitrogens with one attached hydrogen (secondary N) is 3. The van der Waals surface area contributed by atoms with Gasteiger partial charge in [-0.3, -0.25) is 14.2 Å². The van der Waals surface area contributed by atoms with Crippen molar-refractivity contribution in [1.82, 2.24) is 16.0 Å². The van der Waals surface area contributed by atoms with E-state index in [-0.39, 0.29) is 51.0 Å². The van der Waals surface area contributed by atoms with Crippen LogP contribution >= 0.6 is 19.4 Å². The maximum Gasteiger partial charge on any atom is 0.405 e. The van der Waals surface area contributed by atoms with Crippen molar-refractivity contribution < 1.29 is 52.1 Å². The summed E-state index contributed by atoms with van der Waals surface area (Å²) in [6, 6.07) is -1.95. The number of amides is 3. The molecule has 0 rings (SSSR count). The van der Waals surface area contributed by atoms with E-state index in [0.717, 1.165) is 25.7 Å². The molecule has 0 saturated heterocycles. The highest BCUT2D eigenvalue weighted by molar-refractivity contribution is 7.99. The van der Waals surface area contributed by atoms with Crippen LogP contribution in [0, 0.1) is 0 Å². The smallest absolute Gasteiger partial charge is 0.405 e. The first-order valence-electron chi connectivity index (χ1n) is 23.5. The van der Waals surface area contributed by atoms with Gasteiger partial charge in [-0.2, -0.15) is 11.8 Å². The minimum atomic E-state index is -3.15. The molecular weight excluding hydrogens is 810 g/mol. The zero-order valence-electron chi connectivity index (χ0n) is 38.5. The second-order valence-corrected chi connectivity index (χ2v) is 18.6. The van der Waals surface area contributed by atoms with E-state index in [0.29, 0.717) is 38.8 Å². The number of rotatable bonds is 46. The lowest BCUT2D eigenvalue weighted by atomic mass is 10.1. The molecule has 0 radical (unpaired) electrons. The standard InChI is InChI=1S/C44H88N3O11PS/c1-6-10-12-14-16-18-20-22-24-26-29-55-36-40(56-30-27-25-23-21-19-17-15-13-11-7-2)37-60-38-41(47-44(50)51)43(49)46-39(5)42(48)45-28-31-53-32-33-54-34-35-59(52,57-8-3)58-9-4/h39-41,47H,6-38H2,1-5H3,(H,45,48)(H,46,49)(H,50,51)/t39-,40+,41-/m0/s1. The molecule has 0 aromatic carbocycles. The molecule has 4 N–H and O–H groups in total. The summed E-state index contributed by atoms with van der Waals surface area (Å²) >= 11 is 1.43. The predicted molar refractivity (Wildman–Crippen MR) is 244 cm³/mol. The third-order valence-electron chi connectivity index (χ3n) is 9.83. The molecule has 0 aliphatic heterocycles. The number of carbonyl (C=O) groups is 3. The van der Waals surface area contributed by atoms with Gasteiger partial charge in [-0.15, -0.1) is 0 Å². The summed E-state index contributed by atoms with van der Waals surface area (Å²) in [4.78, 5) is 37.4. The number of carboxylic acid groups (broad SMARTS) is 1. The first kappa shape index (κ1) is 58.6. The van der Waals surface area contributed by atoms with Crippen LogP contribution < -0.4 is 16.0 Å². The highest BCUT2D eigenvalue weighted by atomic mass is 32.2. The van der Waals surface area contributed by atoms with Crippen molar-refractivity contribution in [2.75, 3.05) is 83.7 Å². The average Bonchev–Trinajstić information content (AvgIpc) is 3.21. The first-order chi connectivity index (χ1) is 29.1. The Bertz CT molecular complexity index is 1050. The van der Waals surface area contributed by atoms with Crippen LogP contribution in [0.3, 0.4) is 0 Å². The molecule has 3 amide bonds. The topological polar surface area (TPSA) is 180 Å². The van der Waals surface area contributed by atoms with Gasteiger partial charge >= 0.3 is 13.7 Å². The van der Waals surface area contributed by atoms with E-state index >= 15 is 0 Å². The minimum absolute atomic E-state index is 0.152. The Hall–Kier alpha value is -1.45. The van der Waals surface area contributed by atoms with Gasteiger partial charge in [0.2, 0.25) is 11.8 Å². The molecule has 0 heterocycles. The molecule has 0 fully saturated rings. The van der Waals surface area contributed by atoms with Crippen molar-refractivity contribution in [2.45, 2.75) is 181 Å². The largest absolute Gasteiger partial charge is 0.465 e. The number of ether oxygens (including phenoxy) is 4. The van der Waals surface area contributed by atoms with Crippen molar-refractivity contribution in [3.8, 4) is 0 Å². The fraction of sp³-hybridized carbons (Fsp3) is 0.932. The molecule has 0 bridgehead atoms. The molecule has 60 heavy (non-hydrogen) atoms. The van der Waals surface area contributed by atoms with E-state index in [9.17, 15) is 24.1 Å². The zero-order chi connectivity index (χ0) is 44.4. The Morgan fingerprint density at radius 2 is 1.08 bits per heavy atom. The van der Waals surface area contributed by atoms with Crippen molar-refractivity contribution >= 4 is 37.3 Å². The van der Waals surface area contributed by atoms with Gasteiger partial charge in [0.1, 0.15) is 12.1 Å². The Morgan fingerprint density at radius 3 is 1.60 bits per heavy atom. The van der Waals surface area contributed by atoms with Gasteiger partial charge < -0.3 is 49.1 Å². The maximum absolute atomic E-state index is 13.1. The Labute approximate surface area is 369 Å². The summed E-state index contributed by atoms with van der Waals surface area (Å²) < 4.78 is 46.2.